The first-order chi connectivity index (χ1) is 9.65. The Kier molecular flexibility index (Phi) is 4.71. The lowest BCUT2D eigenvalue weighted by Gasteiger charge is -2.32. The Morgan fingerprint density at radius 2 is 1.85 bits per heavy atom. The predicted octanol–water partition coefficient (Wildman–Crippen LogP) is 2.33. The van der Waals surface area contributed by atoms with Crippen LogP contribution in [0.25, 0.3) is 0 Å². The molecule has 0 aliphatic heterocycles. The summed E-state index contributed by atoms with van der Waals surface area (Å²) in [4.78, 5) is 29.6. The van der Waals surface area contributed by atoms with Crippen molar-refractivity contribution in [2.45, 2.75) is 32.6 Å². The van der Waals surface area contributed by atoms with Gasteiger partial charge in [0.1, 0.15) is 0 Å². The maximum atomic E-state index is 12.7. The fraction of sp³-hybridized carbons (Fsp3) is 0.533. The molecule has 108 valence electrons. The molecule has 1 fully saturated rings. The van der Waals surface area contributed by atoms with E-state index >= 15 is 0 Å². The Balaban J connectivity index is 2.21. The zero-order valence-corrected chi connectivity index (χ0v) is 11.7. The van der Waals surface area contributed by atoms with Gasteiger partial charge in [0.15, 0.2) is 0 Å². The van der Waals surface area contributed by atoms with Crippen molar-refractivity contribution in [3.05, 3.63) is 24.5 Å². The van der Waals surface area contributed by atoms with Crippen LogP contribution >= 0.6 is 0 Å². The van der Waals surface area contributed by atoms with Crippen molar-refractivity contribution in [2.24, 2.45) is 11.8 Å². The second-order valence-electron chi connectivity index (χ2n) is 5.12. The Morgan fingerprint density at radius 3 is 2.40 bits per heavy atom. The first-order valence-corrected chi connectivity index (χ1v) is 7.09. The molecule has 0 spiro atoms. The summed E-state index contributed by atoms with van der Waals surface area (Å²) in [7, 11) is 0. The number of pyridine rings is 1. The van der Waals surface area contributed by atoms with E-state index in [0.29, 0.717) is 19.4 Å². The number of carboxylic acid groups (broad SMARTS) is 1. The lowest BCUT2D eigenvalue weighted by Crippen LogP contribution is -2.42. The third-order valence-corrected chi connectivity index (χ3v) is 3.96. The molecule has 1 amide bonds. The maximum Gasteiger partial charge on any atom is 0.307 e. The Hall–Kier alpha value is -1.91. The molecule has 2 unspecified atom stereocenters. The van der Waals surface area contributed by atoms with E-state index in [0.717, 1.165) is 18.5 Å². The predicted molar refractivity (Wildman–Crippen MR) is 75.3 cm³/mol. The fourth-order valence-electron chi connectivity index (χ4n) is 2.91. The van der Waals surface area contributed by atoms with Crippen LogP contribution in [0.2, 0.25) is 0 Å². The van der Waals surface area contributed by atoms with E-state index in [1.165, 1.54) is 0 Å². The Labute approximate surface area is 118 Å². The van der Waals surface area contributed by atoms with Crippen LogP contribution in [0.15, 0.2) is 24.5 Å². The lowest BCUT2D eigenvalue weighted by molar-refractivity contribution is -0.148. The highest BCUT2D eigenvalue weighted by molar-refractivity contribution is 5.97. The van der Waals surface area contributed by atoms with E-state index in [1.807, 2.05) is 6.92 Å². The van der Waals surface area contributed by atoms with Gasteiger partial charge in [-0.25, -0.2) is 0 Å². The minimum Gasteiger partial charge on any atom is -0.481 e. The molecular weight excluding hydrogens is 256 g/mol. The molecule has 0 bridgehead atoms. The van der Waals surface area contributed by atoms with Crippen LogP contribution in [0.4, 0.5) is 5.69 Å². The molecule has 2 rings (SSSR count). The number of hydrogen-bond donors (Lipinski definition) is 1. The zero-order chi connectivity index (χ0) is 14.5. The van der Waals surface area contributed by atoms with E-state index in [4.69, 9.17) is 0 Å². The van der Waals surface area contributed by atoms with E-state index in [9.17, 15) is 14.7 Å². The summed E-state index contributed by atoms with van der Waals surface area (Å²) < 4.78 is 0. The SMILES string of the molecule is CCN(C(=O)C1CCCCC1C(=O)O)c1ccncc1. The average molecular weight is 276 g/mol. The third-order valence-electron chi connectivity index (χ3n) is 3.96. The fourth-order valence-corrected chi connectivity index (χ4v) is 2.91. The van der Waals surface area contributed by atoms with Crippen LogP contribution in [0.3, 0.4) is 0 Å². The summed E-state index contributed by atoms with van der Waals surface area (Å²) in [5.74, 6) is -1.89. The number of carboxylic acids is 1. The highest BCUT2D eigenvalue weighted by atomic mass is 16.4. The first kappa shape index (κ1) is 14.5. The maximum absolute atomic E-state index is 12.7. The summed E-state index contributed by atoms with van der Waals surface area (Å²) >= 11 is 0. The lowest BCUT2D eigenvalue weighted by atomic mass is 9.78. The normalized spacial score (nSPS) is 22.2. The molecule has 1 heterocycles. The number of rotatable bonds is 4. The molecule has 1 saturated carbocycles. The number of nitrogens with zero attached hydrogens (tertiary/aromatic N) is 2. The molecule has 1 aromatic heterocycles. The van der Waals surface area contributed by atoms with E-state index in [2.05, 4.69) is 4.98 Å². The molecule has 1 N–H and O–H groups in total. The van der Waals surface area contributed by atoms with Gasteiger partial charge in [0.2, 0.25) is 5.91 Å². The van der Waals surface area contributed by atoms with Gasteiger partial charge in [-0.1, -0.05) is 12.8 Å². The Bertz CT molecular complexity index is 475. The van der Waals surface area contributed by atoms with Crippen LogP contribution in [0.5, 0.6) is 0 Å². The van der Waals surface area contributed by atoms with Gasteiger partial charge in [-0.15, -0.1) is 0 Å². The number of anilines is 1. The van der Waals surface area contributed by atoms with Gasteiger partial charge in [0, 0.05) is 24.6 Å². The van der Waals surface area contributed by atoms with Gasteiger partial charge in [0.25, 0.3) is 0 Å². The van der Waals surface area contributed by atoms with Gasteiger partial charge in [0.05, 0.1) is 11.8 Å². The number of aromatic nitrogens is 1. The van der Waals surface area contributed by atoms with Gasteiger partial charge in [-0.3, -0.25) is 14.6 Å². The number of hydrogen-bond acceptors (Lipinski definition) is 3. The summed E-state index contributed by atoms with van der Waals surface area (Å²) in [5, 5.41) is 9.30. The van der Waals surface area contributed by atoms with Crippen molar-refractivity contribution < 1.29 is 14.7 Å². The van der Waals surface area contributed by atoms with Crippen LogP contribution in [-0.4, -0.2) is 28.5 Å². The zero-order valence-electron chi connectivity index (χ0n) is 11.7. The van der Waals surface area contributed by atoms with E-state index < -0.39 is 17.8 Å². The van der Waals surface area contributed by atoms with Gasteiger partial charge in [-0.05, 0) is 31.9 Å². The van der Waals surface area contributed by atoms with Crippen LogP contribution in [0, 0.1) is 11.8 Å². The molecule has 0 aromatic carbocycles. The highest BCUT2D eigenvalue weighted by Crippen LogP contribution is 2.32. The van der Waals surface area contributed by atoms with Gasteiger partial charge < -0.3 is 10.0 Å². The molecule has 1 aromatic rings. The van der Waals surface area contributed by atoms with Crippen LogP contribution in [0.1, 0.15) is 32.6 Å². The number of carbonyl (C=O) groups excluding carboxylic acids is 1. The third kappa shape index (κ3) is 2.98. The summed E-state index contributed by atoms with van der Waals surface area (Å²) in [6.45, 7) is 2.43. The van der Waals surface area contributed by atoms with Crippen LogP contribution in [-0.2, 0) is 9.59 Å². The summed E-state index contributed by atoms with van der Waals surface area (Å²) in [6.07, 6.45) is 6.36. The van der Waals surface area contributed by atoms with Crippen molar-refractivity contribution >= 4 is 17.6 Å². The first-order valence-electron chi connectivity index (χ1n) is 7.09. The molecule has 2 atom stereocenters. The smallest absolute Gasteiger partial charge is 0.307 e. The molecular formula is C15H20N2O3. The second kappa shape index (κ2) is 6.50. The summed E-state index contributed by atoms with van der Waals surface area (Å²) in [6, 6.07) is 3.56. The molecule has 0 radical (unpaired) electrons. The highest BCUT2D eigenvalue weighted by Gasteiger charge is 2.37. The molecule has 5 nitrogen and oxygen atoms in total. The van der Waals surface area contributed by atoms with Crippen molar-refractivity contribution in [3.63, 3.8) is 0 Å². The quantitative estimate of drug-likeness (QED) is 0.916. The molecule has 5 heteroatoms. The molecule has 1 aliphatic rings. The average Bonchev–Trinajstić information content (AvgIpc) is 2.49. The molecule has 20 heavy (non-hydrogen) atoms. The van der Waals surface area contributed by atoms with E-state index in [-0.39, 0.29) is 5.91 Å². The largest absolute Gasteiger partial charge is 0.481 e. The Morgan fingerprint density at radius 1 is 1.25 bits per heavy atom. The van der Waals surface area contributed by atoms with Crippen molar-refractivity contribution in [2.75, 3.05) is 11.4 Å². The minimum atomic E-state index is -0.853. The molecule has 1 aliphatic carbocycles. The number of amides is 1. The van der Waals surface area contributed by atoms with Gasteiger partial charge >= 0.3 is 5.97 Å². The van der Waals surface area contributed by atoms with E-state index in [1.54, 1.807) is 29.4 Å². The monoisotopic (exact) mass is 276 g/mol. The summed E-state index contributed by atoms with van der Waals surface area (Å²) in [5.41, 5.74) is 0.780. The van der Waals surface area contributed by atoms with Crippen molar-refractivity contribution in [1.29, 1.82) is 0 Å². The van der Waals surface area contributed by atoms with Gasteiger partial charge in [-0.2, -0.15) is 0 Å². The standard InChI is InChI=1S/C15H20N2O3/c1-2-17(11-7-9-16-10-8-11)14(18)12-5-3-4-6-13(12)15(19)20/h7-10,12-13H,2-6H2,1H3,(H,19,20). The molecule has 0 saturated heterocycles. The van der Waals surface area contributed by atoms with Crippen LogP contribution < -0.4 is 4.90 Å². The van der Waals surface area contributed by atoms with Crippen molar-refractivity contribution in [1.82, 2.24) is 4.98 Å². The minimum absolute atomic E-state index is 0.0780. The van der Waals surface area contributed by atoms with Crippen molar-refractivity contribution in [3.8, 4) is 0 Å². The number of aliphatic carboxylic acids is 1. The topological polar surface area (TPSA) is 70.5 Å². The number of carbonyl (C=O) groups is 2. The second-order valence-corrected chi connectivity index (χ2v) is 5.12.